The molecule has 3 aromatic heterocycles. The highest BCUT2D eigenvalue weighted by Gasteiger charge is 2.07. The minimum atomic E-state index is -0.142. The molecule has 0 fully saturated rings. The van der Waals surface area contributed by atoms with Gasteiger partial charge in [0.2, 0.25) is 0 Å². The van der Waals surface area contributed by atoms with Crippen LogP contribution in [0.4, 0.5) is 0 Å². The minimum absolute atomic E-state index is 0.142. The molecule has 7 heteroatoms. The van der Waals surface area contributed by atoms with E-state index in [9.17, 15) is 4.79 Å². The first-order valence-electron chi connectivity index (χ1n) is 8.20. The minimum Gasteiger partial charge on any atom is -0.431 e. The molecule has 0 radical (unpaired) electrons. The number of pyridine rings is 1. The molecular weight excluding hydrogens is 378 g/mol. The van der Waals surface area contributed by atoms with Crippen LogP contribution in [0, 0.1) is 0 Å². The Morgan fingerprint density at radius 3 is 2.70 bits per heavy atom. The van der Waals surface area contributed by atoms with Gasteiger partial charge in [-0.25, -0.2) is 4.98 Å². The molecule has 27 heavy (non-hydrogen) atoms. The summed E-state index contributed by atoms with van der Waals surface area (Å²) in [7, 11) is 0. The van der Waals surface area contributed by atoms with E-state index in [4.69, 9.17) is 4.74 Å². The van der Waals surface area contributed by atoms with Gasteiger partial charge in [-0.05, 0) is 58.3 Å². The lowest BCUT2D eigenvalue weighted by molar-refractivity contribution is 0.0951. The van der Waals surface area contributed by atoms with Crippen LogP contribution < -0.4 is 10.1 Å². The average Bonchev–Trinajstić information content (AvgIpc) is 3.41. The number of carbonyl (C=O) groups excluding carboxylic acids is 1. The van der Waals surface area contributed by atoms with Gasteiger partial charge in [0.1, 0.15) is 5.75 Å². The van der Waals surface area contributed by atoms with Gasteiger partial charge in [-0.3, -0.25) is 9.78 Å². The van der Waals surface area contributed by atoms with Crippen molar-refractivity contribution in [2.75, 3.05) is 0 Å². The Morgan fingerprint density at radius 1 is 1.07 bits per heavy atom. The highest BCUT2D eigenvalue weighted by molar-refractivity contribution is 7.11. The fourth-order valence-corrected chi connectivity index (χ4v) is 3.66. The maximum absolute atomic E-state index is 12.4. The van der Waals surface area contributed by atoms with Crippen molar-refractivity contribution in [2.24, 2.45) is 0 Å². The molecule has 0 aliphatic rings. The van der Waals surface area contributed by atoms with E-state index in [1.165, 1.54) is 11.3 Å². The van der Waals surface area contributed by atoms with Crippen molar-refractivity contribution in [1.82, 2.24) is 15.3 Å². The van der Waals surface area contributed by atoms with E-state index >= 15 is 0 Å². The molecule has 5 nitrogen and oxygen atoms in total. The van der Waals surface area contributed by atoms with Crippen LogP contribution in [-0.4, -0.2) is 15.9 Å². The molecule has 1 N–H and O–H groups in total. The molecular formula is C20H15N3O2S2. The Morgan fingerprint density at radius 2 is 1.96 bits per heavy atom. The second-order valence-corrected chi connectivity index (χ2v) is 7.34. The van der Waals surface area contributed by atoms with Crippen molar-refractivity contribution in [3.63, 3.8) is 0 Å². The lowest BCUT2D eigenvalue weighted by atomic mass is 10.1. The number of nitrogens with one attached hydrogen (secondary N) is 1. The predicted octanol–water partition coefficient (Wildman–Crippen LogP) is 4.99. The molecule has 4 rings (SSSR count). The third kappa shape index (κ3) is 4.39. The van der Waals surface area contributed by atoms with Crippen LogP contribution in [-0.2, 0) is 6.54 Å². The van der Waals surface area contributed by atoms with Crippen LogP contribution in [0.3, 0.4) is 0 Å². The molecule has 1 amide bonds. The Kier molecular flexibility index (Phi) is 5.22. The Bertz CT molecular complexity index is 1010. The maximum atomic E-state index is 12.4. The monoisotopic (exact) mass is 393 g/mol. The highest BCUT2D eigenvalue weighted by atomic mass is 32.1. The van der Waals surface area contributed by atoms with Gasteiger partial charge in [-0.15, -0.1) is 0 Å². The van der Waals surface area contributed by atoms with E-state index in [2.05, 4.69) is 26.7 Å². The van der Waals surface area contributed by atoms with E-state index in [0.29, 0.717) is 23.1 Å². The first kappa shape index (κ1) is 17.4. The molecule has 0 bridgehead atoms. The second kappa shape index (κ2) is 8.11. The Hall–Kier alpha value is -3.03. The number of amides is 1. The molecule has 4 aromatic rings. The normalized spacial score (nSPS) is 10.5. The van der Waals surface area contributed by atoms with Gasteiger partial charge in [-0.2, -0.15) is 11.3 Å². The van der Waals surface area contributed by atoms with Crippen LogP contribution >= 0.6 is 22.7 Å². The molecule has 134 valence electrons. The summed E-state index contributed by atoms with van der Waals surface area (Å²) in [4.78, 5) is 20.7. The van der Waals surface area contributed by atoms with E-state index < -0.39 is 0 Å². The van der Waals surface area contributed by atoms with Crippen molar-refractivity contribution >= 4 is 28.6 Å². The summed E-state index contributed by atoms with van der Waals surface area (Å²) in [5, 5.41) is 9.46. The molecule has 0 aliphatic carbocycles. The zero-order valence-electron chi connectivity index (χ0n) is 14.2. The number of nitrogens with zero attached hydrogens (tertiary/aromatic N) is 2. The SMILES string of the molecule is O=C(NCc1cncc(-c2ccsc2)c1)c1ccc(Oc2nccs2)cc1. The standard InChI is InChI=1S/C20H15N3O2S2/c24-19(15-1-3-18(4-2-15)25-20-22-6-8-27-20)23-11-14-9-17(12-21-10-14)16-5-7-26-13-16/h1-10,12-13H,11H2,(H,23,24). The van der Waals surface area contributed by atoms with Gasteiger partial charge in [0.15, 0.2) is 0 Å². The Labute approximate surface area is 164 Å². The largest absolute Gasteiger partial charge is 0.431 e. The van der Waals surface area contributed by atoms with E-state index in [-0.39, 0.29) is 5.91 Å². The lowest BCUT2D eigenvalue weighted by Gasteiger charge is -2.07. The number of hydrogen-bond donors (Lipinski definition) is 1. The van der Waals surface area contributed by atoms with Crippen LogP contribution in [0.5, 0.6) is 10.9 Å². The molecule has 0 saturated carbocycles. The third-order valence-corrected chi connectivity index (χ3v) is 5.17. The fraction of sp³-hybridized carbons (Fsp3) is 0.0500. The number of thiazole rings is 1. The number of hydrogen-bond acceptors (Lipinski definition) is 6. The van der Waals surface area contributed by atoms with Gasteiger partial charge < -0.3 is 10.1 Å². The maximum Gasteiger partial charge on any atom is 0.278 e. The van der Waals surface area contributed by atoms with Crippen LogP contribution in [0.1, 0.15) is 15.9 Å². The summed E-state index contributed by atoms with van der Waals surface area (Å²) in [6, 6.07) is 11.1. The van der Waals surface area contributed by atoms with Crippen molar-refractivity contribution in [3.8, 4) is 22.1 Å². The summed E-state index contributed by atoms with van der Waals surface area (Å²) in [6.45, 7) is 0.418. The summed E-state index contributed by atoms with van der Waals surface area (Å²) >= 11 is 3.06. The average molecular weight is 393 g/mol. The van der Waals surface area contributed by atoms with Gasteiger partial charge >= 0.3 is 0 Å². The van der Waals surface area contributed by atoms with Gasteiger partial charge in [0.05, 0.1) is 0 Å². The first-order chi connectivity index (χ1) is 13.3. The van der Waals surface area contributed by atoms with Crippen molar-refractivity contribution < 1.29 is 9.53 Å². The zero-order chi connectivity index (χ0) is 18.5. The summed E-state index contributed by atoms with van der Waals surface area (Å²) in [5.41, 5.74) is 3.71. The molecule has 0 saturated heterocycles. The Balaban J connectivity index is 1.37. The number of ether oxygens (including phenoxy) is 1. The molecule has 0 unspecified atom stereocenters. The second-order valence-electron chi connectivity index (χ2n) is 5.70. The smallest absolute Gasteiger partial charge is 0.278 e. The third-order valence-electron chi connectivity index (χ3n) is 3.83. The number of benzene rings is 1. The van der Waals surface area contributed by atoms with Gasteiger partial charge in [0.25, 0.3) is 11.1 Å². The zero-order valence-corrected chi connectivity index (χ0v) is 15.8. The molecule has 3 heterocycles. The number of rotatable bonds is 6. The quantitative estimate of drug-likeness (QED) is 0.501. The number of carbonyl (C=O) groups is 1. The van der Waals surface area contributed by atoms with E-state index in [0.717, 1.165) is 16.7 Å². The van der Waals surface area contributed by atoms with Crippen LogP contribution in [0.25, 0.3) is 11.1 Å². The lowest BCUT2D eigenvalue weighted by Crippen LogP contribution is -2.22. The van der Waals surface area contributed by atoms with E-state index in [1.807, 2.05) is 23.0 Å². The summed E-state index contributed by atoms with van der Waals surface area (Å²) < 4.78 is 5.60. The predicted molar refractivity (Wildman–Crippen MR) is 107 cm³/mol. The van der Waals surface area contributed by atoms with Gasteiger partial charge in [0, 0.05) is 41.6 Å². The van der Waals surface area contributed by atoms with E-state index in [1.54, 1.807) is 48.0 Å². The number of thiophene rings is 1. The molecule has 0 aliphatic heterocycles. The highest BCUT2D eigenvalue weighted by Crippen LogP contribution is 2.24. The summed E-state index contributed by atoms with van der Waals surface area (Å²) in [6.07, 6.45) is 5.28. The fourth-order valence-electron chi connectivity index (χ4n) is 2.49. The molecule has 1 aromatic carbocycles. The van der Waals surface area contributed by atoms with Crippen LogP contribution in [0.15, 0.2) is 71.1 Å². The first-order valence-corrected chi connectivity index (χ1v) is 10.0. The van der Waals surface area contributed by atoms with Crippen molar-refractivity contribution in [3.05, 3.63) is 82.3 Å². The topological polar surface area (TPSA) is 64.1 Å². The molecule has 0 atom stereocenters. The van der Waals surface area contributed by atoms with Crippen molar-refractivity contribution in [2.45, 2.75) is 6.54 Å². The van der Waals surface area contributed by atoms with Gasteiger partial charge in [-0.1, -0.05) is 11.3 Å². The van der Waals surface area contributed by atoms with Crippen molar-refractivity contribution in [1.29, 1.82) is 0 Å². The molecule has 0 spiro atoms. The van der Waals surface area contributed by atoms with Crippen LogP contribution in [0.2, 0.25) is 0 Å². The summed E-state index contributed by atoms with van der Waals surface area (Å²) in [5.74, 6) is 0.505. The number of aromatic nitrogens is 2.